The van der Waals surface area contributed by atoms with Gasteiger partial charge in [-0.25, -0.2) is 4.79 Å². The first-order valence-electron chi connectivity index (χ1n) is 8.65. The summed E-state index contributed by atoms with van der Waals surface area (Å²) in [4.78, 5) is 29.5. The maximum atomic E-state index is 13.1. The molecule has 0 bridgehead atoms. The highest BCUT2D eigenvalue weighted by Crippen LogP contribution is 2.40. The lowest BCUT2D eigenvalue weighted by molar-refractivity contribution is -0.143. The van der Waals surface area contributed by atoms with Crippen molar-refractivity contribution in [1.29, 1.82) is 0 Å². The van der Waals surface area contributed by atoms with Crippen molar-refractivity contribution >= 4 is 34.5 Å². The number of benzene rings is 1. The van der Waals surface area contributed by atoms with E-state index in [9.17, 15) is 14.7 Å². The molecule has 136 valence electrons. The molecule has 0 radical (unpaired) electrons. The van der Waals surface area contributed by atoms with Gasteiger partial charge in [-0.05, 0) is 49.3 Å². The summed E-state index contributed by atoms with van der Waals surface area (Å²) in [5.74, 6) is 0.799. The minimum atomic E-state index is -1.20. The summed E-state index contributed by atoms with van der Waals surface area (Å²) in [6.07, 6.45) is 2.58. The Balaban J connectivity index is 1.78. The molecule has 1 saturated heterocycles. The van der Waals surface area contributed by atoms with E-state index in [0.717, 1.165) is 29.8 Å². The van der Waals surface area contributed by atoms with Crippen LogP contribution in [0, 0.1) is 0 Å². The highest BCUT2D eigenvalue weighted by Gasteiger charge is 2.43. The number of fused-ring (bicyclic) bond motifs is 1. The summed E-state index contributed by atoms with van der Waals surface area (Å²) in [5.41, 5.74) is 0.896. The predicted octanol–water partition coefficient (Wildman–Crippen LogP) is 2.81. The monoisotopic (exact) mass is 372 g/mol. The van der Waals surface area contributed by atoms with Gasteiger partial charge >= 0.3 is 5.97 Å². The van der Waals surface area contributed by atoms with Gasteiger partial charge < -0.3 is 15.2 Å². The number of ether oxygens (including phenoxy) is 1. The summed E-state index contributed by atoms with van der Waals surface area (Å²) in [6.45, 7) is 0. The van der Waals surface area contributed by atoms with Crippen molar-refractivity contribution in [3.8, 4) is 5.75 Å². The van der Waals surface area contributed by atoms with Gasteiger partial charge in [-0.2, -0.15) is 11.8 Å². The zero-order valence-electron chi connectivity index (χ0n) is 14.4. The van der Waals surface area contributed by atoms with Gasteiger partial charge in [0.1, 0.15) is 11.3 Å². The molecule has 0 spiro atoms. The lowest BCUT2D eigenvalue weighted by Gasteiger charge is -2.25. The summed E-state index contributed by atoms with van der Waals surface area (Å²) >= 11 is 1.55. The van der Waals surface area contributed by atoms with Crippen molar-refractivity contribution in [2.75, 3.05) is 18.6 Å². The van der Waals surface area contributed by atoms with Crippen LogP contribution in [0.25, 0.3) is 10.9 Å². The van der Waals surface area contributed by atoms with Gasteiger partial charge in [-0.1, -0.05) is 0 Å². The normalized spacial score (nSPS) is 22.3. The number of carbonyl (C=O) groups excluding carboxylic acids is 1. The number of carboxylic acid groups (broad SMARTS) is 1. The number of carbonyl (C=O) groups is 2. The minimum Gasteiger partial charge on any atom is -0.497 e. The Hall–Kier alpha value is -2.28. The van der Waals surface area contributed by atoms with Crippen molar-refractivity contribution in [1.82, 2.24) is 10.3 Å². The van der Waals surface area contributed by atoms with Gasteiger partial charge in [-0.3, -0.25) is 9.78 Å². The SMILES string of the molecule is COc1ccc2nc(C3CC3)cc(C(=O)NC3(C(=O)O)CCSC3)c2c1. The quantitative estimate of drug-likeness (QED) is 0.839. The van der Waals surface area contributed by atoms with E-state index < -0.39 is 11.5 Å². The molecule has 26 heavy (non-hydrogen) atoms. The van der Waals surface area contributed by atoms with Crippen molar-refractivity contribution in [3.05, 3.63) is 35.5 Å². The molecule has 1 saturated carbocycles. The Kier molecular flexibility index (Phi) is 4.26. The van der Waals surface area contributed by atoms with E-state index in [0.29, 0.717) is 34.8 Å². The summed E-state index contributed by atoms with van der Waals surface area (Å²) in [6, 6.07) is 7.26. The zero-order valence-corrected chi connectivity index (χ0v) is 15.3. The highest BCUT2D eigenvalue weighted by molar-refractivity contribution is 7.99. The van der Waals surface area contributed by atoms with Gasteiger partial charge in [0.15, 0.2) is 0 Å². The van der Waals surface area contributed by atoms with E-state index in [1.807, 2.05) is 18.2 Å². The van der Waals surface area contributed by atoms with Crippen molar-refractivity contribution in [2.45, 2.75) is 30.7 Å². The fourth-order valence-electron chi connectivity index (χ4n) is 3.30. The number of hydrogen-bond donors (Lipinski definition) is 2. The van der Waals surface area contributed by atoms with E-state index in [2.05, 4.69) is 10.3 Å². The molecule has 1 aromatic carbocycles. The smallest absolute Gasteiger partial charge is 0.330 e. The van der Waals surface area contributed by atoms with Gasteiger partial charge in [0.05, 0.1) is 18.2 Å². The first kappa shape index (κ1) is 17.1. The average Bonchev–Trinajstić information content (AvgIpc) is 3.39. The Morgan fingerprint density at radius 3 is 2.77 bits per heavy atom. The molecule has 2 heterocycles. The van der Waals surface area contributed by atoms with E-state index in [1.165, 1.54) is 0 Å². The third-order valence-electron chi connectivity index (χ3n) is 5.06. The van der Waals surface area contributed by atoms with Crippen LogP contribution in [-0.4, -0.2) is 46.1 Å². The molecule has 4 rings (SSSR count). The number of aromatic nitrogens is 1. The average molecular weight is 372 g/mol. The number of pyridine rings is 1. The molecule has 2 aliphatic rings. The van der Waals surface area contributed by atoms with Gasteiger partial charge in [0.25, 0.3) is 5.91 Å². The van der Waals surface area contributed by atoms with Crippen molar-refractivity contribution in [2.24, 2.45) is 0 Å². The van der Waals surface area contributed by atoms with Gasteiger partial charge in [-0.15, -0.1) is 0 Å². The predicted molar refractivity (Wildman–Crippen MR) is 100 cm³/mol. The third-order valence-corrected chi connectivity index (χ3v) is 6.25. The highest BCUT2D eigenvalue weighted by atomic mass is 32.2. The topological polar surface area (TPSA) is 88.5 Å². The van der Waals surface area contributed by atoms with Crippen LogP contribution in [0.3, 0.4) is 0 Å². The second-order valence-corrected chi connectivity index (χ2v) is 8.00. The van der Waals surface area contributed by atoms with Crippen LogP contribution in [0.15, 0.2) is 24.3 Å². The van der Waals surface area contributed by atoms with Crippen LogP contribution >= 0.6 is 11.8 Å². The van der Waals surface area contributed by atoms with Gasteiger partial charge in [0, 0.05) is 22.8 Å². The number of amides is 1. The minimum absolute atomic E-state index is 0.363. The number of hydrogen-bond acceptors (Lipinski definition) is 5. The number of carboxylic acids is 1. The van der Waals surface area contributed by atoms with E-state index >= 15 is 0 Å². The Bertz CT molecular complexity index is 888. The molecule has 1 aliphatic heterocycles. The van der Waals surface area contributed by atoms with Crippen LogP contribution < -0.4 is 10.1 Å². The zero-order chi connectivity index (χ0) is 18.3. The number of thioether (sulfide) groups is 1. The van der Waals surface area contributed by atoms with E-state index in [1.54, 1.807) is 24.9 Å². The lowest BCUT2D eigenvalue weighted by Crippen LogP contribution is -2.54. The van der Waals surface area contributed by atoms with Crippen molar-refractivity contribution < 1.29 is 19.4 Å². The van der Waals surface area contributed by atoms with E-state index in [-0.39, 0.29) is 5.91 Å². The molecule has 1 amide bonds. The molecular weight excluding hydrogens is 352 g/mol. The second kappa shape index (κ2) is 6.46. The third kappa shape index (κ3) is 3.00. The van der Waals surface area contributed by atoms with E-state index in [4.69, 9.17) is 4.74 Å². The summed E-state index contributed by atoms with van der Waals surface area (Å²) in [5, 5.41) is 13.1. The largest absolute Gasteiger partial charge is 0.497 e. The number of nitrogens with zero attached hydrogens (tertiary/aromatic N) is 1. The molecule has 1 atom stereocenters. The van der Waals surface area contributed by atoms with Crippen LogP contribution in [0.2, 0.25) is 0 Å². The molecule has 6 nitrogen and oxygen atoms in total. The molecule has 1 aromatic heterocycles. The molecule has 2 fully saturated rings. The van der Waals surface area contributed by atoms with Crippen LogP contribution in [0.1, 0.15) is 41.2 Å². The fraction of sp³-hybridized carbons (Fsp3) is 0.421. The number of aliphatic carboxylic acids is 1. The summed E-state index contributed by atoms with van der Waals surface area (Å²) < 4.78 is 5.28. The molecular formula is C19H20N2O4S. The maximum Gasteiger partial charge on any atom is 0.330 e. The first-order valence-corrected chi connectivity index (χ1v) is 9.80. The molecule has 7 heteroatoms. The number of rotatable bonds is 5. The van der Waals surface area contributed by atoms with Crippen LogP contribution in [0.4, 0.5) is 0 Å². The van der Waals surface area contributed by atoms with Gasteiger partial charge in [0.2, 0.25) is 0 Å². The standard InChI is InChI=1S/C19H20N2O4S/c1-25-12-4-5-15-13(8-12)14(9-16(20-15)11-2-3-11)17(22)21-19(18(23)24)6-7-26-10-19/h4-5,8-9,11H,2-3,6-7,10H2,1H3,(H,21,22)(H,23,24). The molecule has 1 unspecified atom stereocenters. The lowest BCUT2D eigenvalue weighted by atomic mass is 9.97. The second-order valence-electron chi connectivity index (χ2n) is 6.90. The van der Waals surface area contributed by atoms with Crippen LogP contribution in [0.5, 0.6) is 5.75 Å². The fourth-order valence-corrected chi connectivity index (χ4v) is 4.62. The Labute approximate surface area is 155 Å². The number of methoxy groups -OCH3 is 1. The molecule has 1 aliphatic carbocycles. The molecule has 2 aromatic rings. The molecule has 2 N–H and O–H groups in total. The maximum absolute atomic E-state index is 13.1. The van der Waals surface area contributed by atoms with Crippen molar-refractivity contribution in [3.63, 3.8) is 0 Å². The Morgan fingerprint density at radius 1 is 1.35 bits per heavy atom. The Morgan fingerprint density at radius 2 is 2.15 bits per heavy atom. The summed E-state index contributed by atoms with van der Waals surface area (Å²) in [7, 11) is 1.57. The number of nitrogens with one attached hydrogen (secondary N) is 1. The first-order chi connectivity index (χ1) is 12.5. The van der Waals surface area contributed by atoms with Crippen LogP contribution in [-0.2, 0) is 4.79 Å².